The number of para-hydroxylation sites is 2. The van der Waals surface area contributed by atoms with Crippen LogP contribution >= 0.6 is 0 Å². The molecule has 2 heterocycles. The van der Waals surface area contributed by atoms with Gasteiger partial charge in [-0.2, -0.15) is 5.10 Å². The average Bonchev–Trinajstić information content (AvgIpc) is 3.04. The van der Waals surface area contributed by atoms with Gasteiger partial charge in [0.05, 0.1) is 11.1 Å². The van der Waals surface area contributed by atoms with Gasteiger partial charge in [-0.3, -0.25) is 14.8 Å². The molecule has 3 rings (SSSR count). The van der Waals surface area contributed by atoms with Gasteiger partial charge in [0.1, 0.15) is 5.69 Å². The van der Waals surface area contributed by atoms with E-state index in [1.54, 1.807) is 12.1 Å². The zero-order valence-corrected chi connectivity index (χ0v) is 12.7. The maximum Gasteiger partial charge on any atom is 0.292 e. The van der Waals surface area contributed by atoms with E-state index in [2.05, 4.69) is 23.1 Å². The van der Waals surface area contributed by atoms with Crippen LogP contribution in [0.3, 0.4) is 0 Å². The molecular weight excluding hydrogens is 280 g/mol. The third-order valence-corrected chi connectivity index (χ3v) is 4.36. The van der Waals surface area contributed by atoms with Crippen LogP contribution in [0.15, 0.2) is 36.7 Å². The molecule has 0 amide bonds. The van der Waals surface area contributed by atoms with Crippen LogP contribution in [0.2, 0.25) is 0 Å². The highest BCUT2D eigenvalue weighted by atomic mass is 16.6. The Balaban J connectivity index is 1.70. The Hall–Kier alpha value is -2.37. The van der Waals surface area contributed by atoms with Gasteiger partial charge < -0.3 is 4.90 Å². The number of nitro groups is 1. The van der Waals surface area contributed by atoms with Gasteiger partial charge in [-0.25, -0.2) is 0 Å². The summed E-state index contributed by atoms with van der Waals surface area (Å²) in [6.45, 7) is 4.64. The smallest absolute Gasteiger partial charge is 0.292 e. The second kappa shape index (κ2) is 6.17. The van der Waals surface area contributed by atoms with E-state index in [4.69, 9.17) is 0 Å². The summed E-state index contributed by atoms with van der Waals surface area (Å²) >= 11 is 0. The fraction of sp³-hybridized carbons (Fsp3) is 0.438. The predicted octanol–water partition coefficient (Wildman–Crippen LogP) is 3.20. The second-order valence-corrected chi connectivity index (χ2v) is 5.64. The Morgan fingerprint density at radius 1 is 1.32 bits per heavy atom. The van der Waals surface area contributed by atoms with Gasteiger partial charge >= 0.3 is 0 Å². The first-order chi connectivity index (χ1) is 10.7. The van der Waals surface area contributed by atoms with E-state index in [1.165, 1.54) is 5.56 Å². The molecule has 0 bridgehead atoms. The molecular formula is C16H20N4O2. The highest BCUT2D eigenvalue weighted by Crippen LogP contribution is 2.34. The number of piperidine rings is 1. The fourth-order valence-electron chi connectivity index (χ4n) is 3.10. The van der Waals surface area contributed by atoms with Crippen molar-refractivity contribution in [3.63, 3.8) is 0 Å². The van der Waals surface area contributed by atoms with Crippen molar-refractivity contribution in [2.45, 2.75) is 32.2 Å². The van der Waals surface area contributed by atoms with Gasteiger partial charge in [-0.1, -0.05) is 12.1 Å². The monoisotopic (exact) mass is 300 g/mol. The summed E-state index contributed by atoms with van der Waals surface area (Å²) < 4.78 is 1.95. The number of aryl methyl sites for hydroxylation is 1. The van der Waals surface area contributed by atoms with Crippen LogP contribution < -0.4 is 4.90 Å². The Bertz CT molecular complexity index is 660. The van der Waals surface area contributed by atoms with Crippen molar-refractivity contribution in [1.82, 2.24) is 9.78 Å². The van der Waals surface area contributed by atoms with Crippen molar-refractivity contribution in [3.8, 4) is 0 Å². The summed E-state index contributed by atoms with van der Waals surface area (Å²) in [6.07, 6.45) is 6.07. The molecule has 6 heteroatoms. The molecule has 22 heavy (non-hydrogen) atoms. The van der Waals surface area contributed by atoms with Gasteiger partial charge in [0.15, 0.2) is 0 Å². The van der Waals surface area contributed by atoms with Gasteiger partial charge in [0.25, 0.3) is 5.69 Å². The summed E-state index contributed by atoms with van der Waals surface area (Å²) in [5, 5.41) is 15.5. The minimum atomic E-state index is -0.299. The lowest BCUT2D eigenvalue weighted by Gasteiger charge is -2.32. The lowest BCUT2D eigenvalue weighted by Crippen LogP contribution is -2.33. The number of hydrogen-bond acceptors (Lipinski definition) is 4. The third kappa shape index (κ3) is 2.81. The zero-order chi connectivity index (χ0) is 15.5. The summed E-state index contributed by atoms with van der Waals surface area (Å²) in [7, 11) is 0. The average molecular weight is 300 g/mol. The van der Waals surface area contributed by atoms with Crippen LogP contribution in [0.25, 0.3) is 0 Å². The highest BCUT2D eigenvalue weighted by Gasteiger charge is 2.25. The lowest BCUT2D eigenvalue weighted by atomic mass is 9.91. The van der Waals surface area contributed by atoms with Crippen molar-refractivity contribution < 1.29 is 4.92 Å². The topological polar surface area (TPSA) is 64.2 Å². The molecule has 0 atom stereocenters. The largest absolute Gasteiger partial charge is 0.366 e. The number of anilines is 1. The van der Waals surface area contributed by atoms with Gasteiger partial charge in [-0.15, -0.1) is 0 Å². The number of aromatic nitrogens is 2. The van der Waals surface area contributed by atoms with Crippen molar-refractivity contribution >= 4 is 11.4 Å². The fourth-order valence-corrected chi connectivity index (χ4v) is 3.10. The second-order valence-electron chi connectivity index (χ2n) is 5.64. The molecule has 0 aliphatic carbocycles. The number of benzene rings is 1. The molecule has 1 fully saturated rings. The maximum absolute atomic E-state index is 11.2. The molecule has 0 radical (unpaired) electrons. The molecule has 1 aliphatic rings. The molecule has 1 aromatic carbocycles. The summed E-state index contributed by atoms with van der Waals surface area (Å²) in [6, 6.07) is 6.99. The van der Waals surface area contributed by atoms with Crippen molar-refractivity contribution in [3.05, 3.63) is 52.3 Å². The van der Waals surface area contributed by atoms with E-state index in [9.17, 15) is 10.1 Å². The first kappa shape index (κ1) is 14.6. The molecule has 0 spiro atoms. The first-order valence-electron chi connectivity index (χ1n) is 7.69. The van der Waals surface area contributed by atoms with Crippen LogP contribution in [0, 0.1) is 10.1 Å². The number of nitrogens with zero attached hydrogens (tertiary/aromatic N) is 4. The lowest BCUT2D eigenvalue weighted by molar-refractivity contribution is -0.384. The zero-order valence-electron chi connectivity index (χ0n) is 12.7. The van der Waals surface area contributed by atoms with E-state index in [-0.39, 0.29) is 10.6 Å². The quantitative estimate of drug-likeness (QED) is 0.642. The van der Waals surface area contributed by atoms with E-state index >= 15 is 0 Å². The van der Waals surface area contributed by atoms with E-state index in [0.717, 1.165) is 38.2 Å². The van der Waals surface area contributed by atoms with Gasteiger partial charge in [0.2, 0.25) is 0 Å². The molecule has 2 aromatic rings. The van der Waals surface area contributed by atoms with Gasteiger partial charge in [0, 0.05) is 31.9 Å². The highest BCUT2D eigenvalue weighted by molar-refractivity contribution is 5.63. The molecule has 0 saturated carbocycles. The van der Waals surface area contributed by atoms with Crippen LogP contribution in [0.5, 0.6) is 0 Å². The van der Waals surface area contributed by atoms with Crippen molar-refractivity contribution in [1.29, 1.82) is 0 Å². The Labute approximate surface area is 129 Å². The number of nitro benzene ring substituents is 1. The van der Waals surface area contributed by atoms with Crippen LogP contribution in [0.4, 0.5) is 11.4 Å². The summed E-state index contributed by atoms with van der Waals surface area (Å²) in [4.78, 5) is 13.0. The maximum atomic E-state index is 11.2. The Kier molecular flexibility index (Phi) is 4.09. The molecule has 1 saturated heterocycles. The molecule has 1 aromatic heterocycles. The molecule has 116 valence electrons. The van der Waals surface area contributed by atoms with Crippen molar-refractivity contribution in [2.75, 3.05) is 18.0 Å². The summed E-state index contributed by atoms with van der Waals surface area (Å²) in [5.41, 5.74) is 2.21. The van der Waals surface area contributed by atoms with Gasteiger partial charge in [-0.05, 0) is 37.3 Å². The standard InChI is InChI=1S/C16H20N4O2/c1-2-19-12-14(11-17-19)13-7-9-18(10-8-13)15-5-3-4-6-16(15)20(21)22/h3-6,11-13H,2,7-10H2,1H3. The Morgan fingerprint density at radius 3 is 2.68 bits per heavy atom. The SMILES string of the molecule is CCn1cc(C2CCN(c3ccccc3[N+](=O)[O-])CC2)cn1. The first-order valence-corrected chi connectivity index (χ1v) is 7.69. The van der Waals surface area contributed by atoms with E-state index in [1.807, 2.05) is 23.0 Å². The molecule has 0 unspecified atom stereocenters. The number of rotatable bonds is 4. The molecule has 1 aliphatic heterocycles. The Morgan fingerprint density at radius 2 is 2.05 bits per heavy atom. The van der Waals surface area contributed by atoms with E-state index < -0.39 is 0 Å². The molecule has 6 nitrogen and oxygen atoms in total. The minimum Gasteiger partial charge on any atom is -0.366 e. The third-order valence-electron chi connectivity index (χ3n) is 4.36. The van der Waals surface area contributed by atoms with Crippen molar-refractivity contribution in [2.24, 2.45) is 0 Å². The predicted molar refractivity (Wildman–Crippen MR) is 85.2 cm³/mol. The normalized spacial score (nSPS) is 16.0. The van der Waals surface area contributed by atoms with Crippen LogP contribution in [0.1, 0.15) is 31.2 Å². The minimum absolute atomic E-state index is 0.194. The van der Waals surface area contributed by atoms with E-state index in [0.29, 0.717) is 5.92 Å². The number of hydrogen-bond donors (Lipinski definition) is 0. The van der Waals surface area contributed by atoms with Crippen LogP contribution in [-0.2, 0) is 6.54 Å². The van der Waals surface area contributed by atoms with Crippen LogP contribution in [-0.4, -0.2) is 27.8 Å². The molecule has 0 N–H and O–H groups in total. The summed E-state index contributed by atoms with van der Waals surface area (Å²) in [5.74, 6) is 0.499.